The van der Waals surface area contributed by atoms with Crippen molar-refractivity contribution in [1.82, 2.24) is 14.9 Å². The second-order valence-corrected chi connectivity index (χ2v) is 8.67. The van der Waals surface area contributed by atoms with Crippen LogP contribution in [0, 0.1) is 5.41 Å². The molecular formula is C25H26N8O4. The average Bonchev–Trinajstić information content (AvgIpc) is 3.30. The van der Waals surface area contributed by atoms with Gasteiger partial charge in [-0.1, -0.05) is 12.1 Å². The number of amidine groups is 2. The van der Waals surface area contributed by atoms with Gasteiger partial charge in [0.25, 0.3) is 11.8 Å². The Morgan fingerprint density at radius 2 is 1.97 bits per heavy atom. The summed E-state index contributed by atoms with van der Waals surface area (Å²) in [6.07, 6.45) is 0. The molecule has 0 spiro atoms. The van der Waals surface area contributed by atoms with E-state index in [2.05, 4.69) is 25.2 Å². The number of benzene rings is 2. The number of hydrogen-bond donors (Lipinski definition) is 3. The van der Waals surface area contributed by atoms with Crippen LogP contribution < -0.4 is 30.2 Å². The molecule has 12 nitrogen and oxygen atoms in total. The molecule has 2 aliphatic heterocycles. The van der Waals surface area contributed by atoms with E-state index in [1.54, 1.807) is 24.3 Å². The first-order valence-electron chi connectivity index (χ1n) is 11.5. The molecule has 37 heavy (non-hydrogen) atoms. The maximum absolute atomic E-state index is 12.0. The van der Waals surface area contributed by atoms with Crippen LogP contribution in [-0.4, -0.2) is 73.3 Å². The first-order valence-corrected chi connectivity index (χ1v) is 11.5. The zero-order valence-corrected chi connectivity index (χ0v) is 20.6. The van der Waals surface area contributed by atoms with Gasteiger partial charge in [0.05, 0.1) is 12.2 Å². The van der Waals surface area contributed by atoms with E-state index in [1.165, 1.54) is 0 Å². The summed E-state index contributed by atoms with van der Waals surface area (Å²) in [5.41, 5.74) is 8.06. The topological polar surface area (TPSA) is 151 Å². The summed E-state index contributed by atoms with van der Waals surface area (Å²) in [4.78, 5) is 29.2. The smallest absolute Gasteiger partial charge is 0.328 e. The molecular weight excluding hydrogens is 476 g/mol. The van der Waals surface area contributed by atoms with E-state index in [1.807, 2.05) is 44.2 Å². The Hall–Kier alpha value is -4.87. The van der Waals surface area contributed by atoms with Crippen molar-refractivity contribution in [2.24, 2.45) is 10.7 Å². The van der Waals surface area contributed by atoms with Crippen LogP contribution in [0.15, 0.2) is 47.5 Å². The molecule has 2 aliphatic rings. The van der Waals surface area contributed by atoms with E-state index < -0.39 is 0 Å². The third kappa shape index (κ3) is 4.94. The predicted molar refractivity (Wildman–Crippen MR) is 139 cm³/mol. The fourth-order valence-corrected chi connectivity index (χ4v) is 3.97. The highest BCUT2D eigenvalue weighted by molar-refractivity contribution is 6.01. The minimum Gasteiger partial charge on any atom is -0.466 e. The van der Waals surface area contributed by atoms with Crippen molar-refractivity contribution < 1.29 is 19.0 Å². The second kappa shape index (κ2) is 9.64. The van der Waals surface area contributed by atoms with Crippen molar-refractivity contribution in [1.29, 1.82) is 5.41 Å². The molecule has 3 aromatic rings. The van der Waals surface area contributed by atoms with E-state index in [9.17, 15) is 4.79 Å². The average molecular weight is 503 g/mol. The van der Waals surface area contributed by atoms with E-state index >= 15 is 0 Å². The summed E-state index contributed by atoms with van der Waals surface area (Å²) < 4.78 is 17.6. The molecule has 0 bridgehead atoms. The maximum atomic E-state index is 12.0. The number of rotatable bonds is 7. The Bertz CT molecular complexity index is 1420. The number of fused-ring (bicyclic) bond motifs is 1. The lowest BCUT2D eigenvalue weighted by Gasteiger charge is -2.21. The highest BCUT2D eigenvalue weighted by atomic mass is 16.5. The van der Waals surface area contributed by atoms with Crippen LogP contribution in [0.3, 0.4) is 0 Å². The van der Waals surface area contributed by atoms with Gasteiger partial charge in [0, 0.05) is 44.9 Å². The summed E-state index contributed by atoms with van der Waals surface area (Å²) in [6.45, 7) is 1.42. The van der Waals surface area contributed by atoms with Crippen molar-refractivity contribution in [3.05, 3.63) is 53.6 Å². The Balaban J connectivity index is 1.49. The van der Waals surface area contributed by atoms with Crippen LogP contribution in [0.4, 0.5) is 11.4 Å². The number of aromatic nitrogens is 2. The van der Waals surface area contributed by atoms with Gasteiger partial charge in [-0.2, -0.15) is 9.97 Å². The number of hydrogen-bond acceptors (Lipinski definition) is 10. The number of carbonyl (C=O) groups is 1. The zero-order valence-electron chi connectivity index (χ0n) is 20.6. The quantitative estimate of drug-likeness (QED) is 0.327. The van der Waals surface area contributed by atoms with Crippen molar-refractivity contribution >= 4 is 29.0 Å². The minimum absolute atomic E-state index is 0.0167. The molecule has 3 heterocycles. The Morgan fingerprint density at radius 3 is 2.70 bits per heavy atom. The number of nitrogens with one attached hydrogen (secondary N) is 2. The SMILES string of the molecule is CN1CCN=C1c1cccc(Oc2nc3c(c(Oc4ccc(C(=N)N)c(N(C)C)c4)n2)NC(=O)CO3)c1. The van der Waals surface area contributed by atoms with E-state index in [0.29, 0.717) is 22.7 Å². The van der Waals surface area contributed by atoms with E-state index in [-0.39, 0.29) is 41.8 Å². The lowest BCUT2D eigenvalue weighted by atomic mass is 10.1. The third-order valence-corrected chi connectivity index (χ3v) is 5.74. The normalized spacial score (nSPS) is 14.3. The van der Waals surface area contributed by atoms with Crippen molar-refractivity contribution in [2.75, 3.05) is 51.1 Å². The lowest BCUT2D eigenvalue weighted by molar-refractivity contribution is -0.118. The minimum atomic E-state index is -0.357. The first kappa shape index (κ1) is 23.9. The highest BCUT2D eigenvalue weighted by Crippen LogP contribution is 2.39. The largest absolute Gasteiger partial charge is 0.466 e. The third-order valence-electron chi connectivity index (χ3n) is 5.74. The number of nitrogens with two attached hydrogens (primary N) is 1. The van der Waals surface area contributed by atoms with Crippen molar-refractivity contribution in [3.8, 4) is 29.3 Å². The number of ether oxygens (including phenoxy) is 3. The van der Waals surface area contributed by atoms with Gasteiger partial charge in [-0.3, -0.25) is 15.2 Å². The van der Waals surface area contributed by atoms with Gasteiger partial charge in [-0.15, -0.1) is 0 Å². The second-order valence-electron chi connectivity index (χ2n) is 8.67. The van der Waals surface area contributed by atoms with Crippen LogP contribution in [0.5, 0.6) is 29.3 Å². The fraction of sp³-hybridized carbons (Fsp3) is 0.240. The number of nitrogen functional groups attached to an aromatic ring is 1. The van der Waals surface area contributed by atoms with E-state index in [4.69, 9.17) is 25.4 Å². The molecule has 190 valence electrons. The fourth-order valence-electron chi connectivity index (χ4n) is 3.97. The lowest BCUT2D eigenvalue weighted by Crippen LogP contribution is -2.26. The Morgan fingerprint density at radius 1 is 1.16 bits per heavy atom. The van der Waals surface area contributed by atoms with Crippen LogP contribution in [0.2, 0.25) is 0 Å². The predicted octanol–water partition coefficient (Wildman–Crippen LogP) is 2.43. The summed E-state index contributed by atoms with van der Waals surface area (Å²) in [5.74, 6) is 1.55. The summed E-state index contributed by atoms with van der Waals surface area (Å²) in [6, 6.07) is 12.5. The molecule has 0 aliphatic carbocycles. The first-order chi connectivity index (χ1) is 17.8. The molecule has 1 amide bonds. The number of aliphatic imine (C=N–C) groups is 1. The van der Waals surface area contributed by atoms with Gasteiger partial charge in [0.2, 0.25) is 5.88 Å². The van der Waals surface area contributed by atoms with Gasteiger partial charge in [-0.25, -0.2) is 0 Å². The molecule has 12 heteroatoms. The van der Waals surface area contributed by atoms with Gasteiger partial charge in [0.15, 0.2) is 12.3 Å². The van der Waals surface area contributed by atoms with Gasteiger partial charge < -0.3 is 35.1 Å². The van der Waals surface area contributed by atoms with Gasteiger partial charge in [-0.05, 0) is 24.3 Å². The molecule has 0 saturated heterocycles. The molecule has 0 fully saturated rings. The van der Waals surface area contributed by atoms with Crippen LogP contribution in [0.25, 0.3) is 0 Å². The molecule has 5 rings (SSSR count). The summed E-state index contributed by atoms with van der Waals surface area (Å²) in [7, 11) is 5.66. The molecule has 4 N–H and O–H groups in total. The van der Waals surface area contributed by atoms with Crippen molar-refractivity contribution in [3.63, 3.8) is 0 Å². The summed E-state index contributed by atoms with van der Waals surface area (Å²) >= 11 is 0. The number of carbonyl (C=O) groups excluding carboxylic acids is 1. The number of amides is 1. The molecule has 0 radical (unpaired) electrons. The molecule has 0 saturated carbocycles. The van der Waals surface area contributed by atoms with Gasteiger partial charge in [0.1, 0.15) is 23.2 Å². The highest BCUT2D eigenvalue weighted by Gasteiger charge is 2.26. The zero-order chi connectivity index (χ0) is 26.1. The standard InChI is InChI=1S/C25H26N8O4/c1-32(2)18-12-16(7-8-17(18)21(26)27)36-24-20-23(35-13-19(34)29-20)30-25(31-24)37-15-6-4-5-14(11-15)22-28-9-10-33(22)3/h4-8,11-12H,9-10,13H2,1-3H3,(H3,26,27)(H,29,34). The van der Waals surface area contributed by atoms with Gasteiger partial charge >= 0.3 is 6.01 Å². The number of anilines is 2. The molecule has 1 aromatic heterocycles. The van der Waals surface area contributed by atoms with Crippen LogP contribution in [-0.2, 0) is 4.79 Å². The molecule has 0 unspecified atom stereocenters. The maximum Gasteiger partial charge on any atom is 0.328 e. The van der Waals surface area contributed by atoms with Crippen LogP contribution in [0.1, 0.15) is 11.1 Å². The van der Waals surface area contributed by atoms with E-state index in [0.717, 1.165) is 24.5 Å². The number of likely N-dealkylation sites (N-methyl/N-ethyl adjacent to an activating group) is 1. The molecule has 0 atom stereocenters. The molecule has 2 aromatic carbocycles. The number of nitrogens with zero attached hydrogens (tertiary/aromatic N) is 5. The van der Waals surface area contributed by atoms with Crippen molar-refractivity contribution in [2.45, 2.75) is 0 Å². The monoisotopic (exact) mass is 502 g/mol. The Labute approximate surface area is 213 Å². The Kier molecular flexibility index (Phi) is 6.22. The van der Waals surface area contributed by atoms with Crippen LogP contribution >= 0.6 is 0 Å². The summed E-state index contributed by atoms with van der Waals surface area (Å²) in [5, 5.41) is 10.5.